The van der Waals surface area contributed by atoms with Crippen molar-refractivity contribution in [1.82, 2.24) is 9.47 Å². The summed E-state index contributed by atoms with van der Waals surface area (Å²) in [6.45, 7) is 3.49. The second-order valence-electron chi connectivity index (χ2n) is 7.59. The molecule has 0 aliphatic rings. The molecule has 0 bridgehead atoms. The molecule has 2 amide bonds. The molecule has 0 unspecified atom stereocenters. The van der Waals surface area contributed by atoms with Crippen molar-refractivity contribution in [2.45, 2.75) is 13.5 Å². The molecule has 5 nitrogen and oxygen atoms in total. The molecule has 2 aromatic carbocycles. The van der Waals surface area contributed by atoms with E-state index in [0.29, 0.717) is 19.7 Å². The first kappa shape index (κ1) is 21.2. The van der Waals surface area contributed by atoms with Crippen molar-refractivity contribution in [1.29, 1.82) is 0 Å². The van der Waals surface area contributed by atoms with Crippen molar-refractivity contribution < 1.29 is 9.53 Å². The highest BCUT2D eigenvalue weighted by Crippen LogP contribution is 2.36. The number of fused-ring (bicyclic) bond motifs is 1. The fourth-order valence-electron chi connectivity index (χ4n) is 3.93. The quantitative estimate of drug-likeness (QED) is 0.395. The monoisotopic (exact) mass is 433 g/mol. The normalized spacial score (nSPS) is 11.1. The van der Waals surface area contributed by atoms with Crippen molar-refractivity contribution in [2.75, 3.05) is 25.6 Å². The van der Waals surface area contributed by atoms with Crippen LogP contribution in [-0.2, 0) is 18.3 Å². The number of nitrogens with zero attached hydrogens (tertiary/aromatic N) is 2. The Labute approximate surface area is 186 Å². The summed E-state index contributed by atoms with van der Waals surface area (Å²) in [4.78, 5) is 16.2. The van der Waals surface area contributed by atoms with Crippen LogP contribution in [0.3, 0.4) is 0 Å². The summed E-state index contributed by atoms with van der Waals surface area (Å²) < 4.78 is 7.53. The highest BCUT2D eigenvalue weighted by atomic mass is 32.1. The van der Waals surface area contributed by atoms with Gasteiger partial charge in [-0.1, -0.05) is 36.4 Å². The van der Waals surface area contributed by atoms with Gasteiger partial charge in [-0.25, -0.2) is 4.79 Å². The van der Waals surface area contributed by atoms with Crippen LogP contribution in [-0.4, -0.2) is 35.8 Å². The highest BCUT2D eigenvalue weighted by molar-refractivity contribution is 7.13. The highest BCUT2D eigenvalue weighted by Gasteiger charge is 2.22. The van der Waals surface area contributed by atoms with E-state index in [1.807, 2.05) is 36.1 Å². The number of aromatic nitrogens is 1. The van der Waals surface area contributed by atoms with Gasteiger partial charge in [0.2, 0.25) is 0 Å². The molecule has 160 valence electrons. The Hall–Kier alpha value is -3.09. The molecule has 0 fully saturated rings. The van der Waals surface area contributed by atoms with Crippen LogP contribution in [0.2, 0.25) is 0 Å². The molecule has 2 heterocycles. The van der Waals surface area contributed by atoms with E-state index >= 15 is 0 Å². The van der Waals surface area contributed by atoms with Gasteiger partial charge in [0.05, 0.1) is 23.7 Å². The number of urea groups is 1. The molecule has 0 saturated heterocycles. The molecule has 2 aromatic heterocycles. The van der Waals surface area contributed by atoms with Gasteiger partial charge in [0.1, 0.15) is 0 Å². The average molecular weight is 434 g/mol. The Kier molecular flexibility index (Phi) is 6.39. The van der Waals surface area contributed by atoms with E-state index in [1.165, 1.54) is 10.3 Å². The van der Waals surface area contributed by atoms with Gasteiger partial charge in [-0.05, 0) is 42.1 Å². The van der Waals surface area contributed by atoms with E-state index in [4.69, 9.17) is 4.74 Å². The van der Waals surface area contributed by atoms with Crippen LogP contribution in [0.25, 0.3) is 21.5 Å². The number of thiophene rings is 1. The number of nitrogens with one attached hydrogen (secondary N) is 1. The van der Waals surface area contributed by atoms with Crippen LogP contribution in [0, 0.1) is 6.92 Å². The van der Waals surface area contributed by atoms with Gasteiger partial charge in [0.15, 0.2) is 0 Å². The Morgan fingerprint density at radius 2 is 1.97 bits per heavy atom. The molecular weight excluding hydrogens is 406 g/mol. The van der Waals surface area contributed by atoms with E-state index in [1.54, 1.807) is 18.4 Å². The maximum Gasteiger partial charge on any atom is 0.322 e. The van der Waals surface area contributed by atoms with Gasteiger partial charge in [0.25, 0.3) is 0 Å². The van der Waals surface area contributed by atoms with Gasteiger partial charge < -0.3 is 19.5 Å². The molecule has 0 radical (unpaired) electrons. The number of methoxy groups -OCH3 is 1. The third-order valence-corrected chi connectivity index (χ3v) is 6.31. The third-order valence-electron chi connectivity index (χ3n) is 5.44. The summed E-state index contributed by atoms with van der Waals surface area (Å²) in [6, 6.07) is 20.3. The molecule has 0 saturated carbocycles. The van der Waals surface area contributed by atoms with E-state index in [2.05, 4.69) is 58.7 Å². The SMILES string of the molecule is COCCN(Cc1c(-c2cccs2)n(C)c2ccccc12)C(=O)Nc1cccc(C)c1. The first-order valence-electron chi connectivity index (χ1n) is 10.3. The number of carbonyl (C=O) groups is 1. The summed E-state index contributed by atoms with van der Waals surface area (Å²) >= 11 is 1.71. The third kappa shape index (κ3) is 4.50. The van der Waals surface area contributed by atoms with Crippen LogP contribution in [0.5, 0.6) is 0 Å². The van der Waals surface area contributed by atoms with E-state index in [9.17, 15) is 4.79 Å². The molecule has 0 aliphatic carbocycles. The van der Waals surface area contributed by atoms with E-state index in [-0.39, 0.29) is 6.03 Å². The number of para-hydroxylation sites is 1. The van der Waals surface area contributed by atoms with Crippen LogP contribution in [0.15, 0.2) is 66.0 Å². The lowest BCUT2D eigenvalue weighted by Crippen LogP contribution is -2.37. The first-order chi connectivity index (χ1) is 15.1. The molecule has 0 spiro atoms. The van der Waals surface area contributed by atoms with Crippen molar-refractivity contribution in [3.8, 4) is 10.6 Å². The smallest absolute Gasteiger partial charge is 0.322 e. The topological polar surface area (TPSA) is 46.5 Å². The fourth-order valence-corrected chi connectivity index (χ4v) is 4.76. The van der Waals surface area contributed by atoms with Gasteiger partial charge in [0, 0.05) is 42.9 Å². The molecule has 0 atom stereocenters. The maximum atomic E-state index is 13.2. The fraction of sp³-hybridized carbons (Fsp3) is 0.240. The van der Waals surface area contributed by atoms with Crippen LogP contribution in [0.1, 0.15) is 11.1 Å². The number of hydrogen-bond acceptors (Lipinski definition) is 3. The van der Waals surface area contributed by atoms with Crippen LogP contribution in [0.4, 0.5) is 10.5 Å². The first-order valence-corrected chi connectivity index (χ1v) is 11.2. The zero-order chi connectivity index (χ0) is 21.8. The summed E-state index contributed by atoms with van der Waals surface area (Å²) in [7, 11) is 3.75. The largest absolute Gasteiger partial charge is 0.383 e. The molecule has 31 heavy (non-hydrogen) atoms. The van der Waals surface area contributed by atoms with E-state index in [0.717, 1.165) is 28.0 Å². The summed E-state index contributed by atoms with van der Waals surface area (Å²) in [5.41, 5.74) is 5.36. The van der Waals surface area contributed by atoms with Gasteiger partial charge in [-0.2, -0.15) is 0 Å². The second-order valence-corrected chi connectivity index (χ2v) is 8.54. The summed E-state index contributed by atoms with van der Waals surface area (Å²) in [5, 5.41) is 6.30. The lowest BCUT2D eigenvalue weighted by Gasteiger charge is -2.23. The van der Waals surface area contributed by atoms with Crippen molar-refractivity contribution >= 4 is 34.0 Å². The van der Waals surface area contributed by atoms with Gasteiger partial charge in [-0.15, -0.1) is 11.3 Å². The number of hydrogen-bond donors (Lipinski definition) is 1. The number of rotatable bonds is 7. The summed E-state index contributed by atoms with van der Waals surface area (Å²) in [5.74, 6) is 0. The zero-order valence-corrected chi connectivity index (χ0v) is 18.9. The number of ether oxygens (including phenoxy) is 1. The number of carbonyl (C=O) groups excluding carboxylic acids is 1. The average Bonchev–Trinajstić information content (AvgIpc) is 3.38. The van der Waals surface area contributed by atoms with E-state index < -0.39 is 0 Å². The maximum absolute atomic E-state index is 13.2. The minimum absolute atomic E-state index is 0.132. The lowest BCUT2D eigenvalue weighted by atomic mass is 10.1. The Bertz CT molecular complexity index is 1180. The van der Waals surface area contributed by atoms with Gasteiger partial charge >= 0.3 is 6.03 Å². The number of aryl methyl sites for hydroxylation is 2. The predicted molar refractivity (Wildman–Crippen MR) is 129 cm³/mol. The standard InChI is InChI=1S/C25H27N3O2S/c1-18-8-6-9-19(16-18)26-25(29)28(13-14-30-3)17-21-20-10-4-5-11-22(20)27(2)24(21)23-12-7-15-31-23/h4-12,15-16H,13-14,17H2,1-3H3,(H,26,29). The molecule has 0 aliphatic heterocycles. The predicted octanol–water partition coefficient (Wildman–Crippen LogP) is 5.90. The molecule has 4 rings (SSSR count). The van der Waals surface area contributed by atoms with Gasteiger partial charge in [-0.3, -0.25) is 0 Å². The van der Waals surface area contributed by atoms with Crippen molar-refractivity contribution in [3.63, 3.8) is 0 Å². The van der Waals surface area contributed by atoms with Crippen molar-refractivity contribution in [3.05, 3.63) is 77.2 Å². The summed E-state index contributed by atoms with van der Waals surface area (Å²) in [6.07, 6.45) is 0. The molecule has 4 aromatic rings. The minimum atomic E-state index is -0.132. The lowest BCUT2D eigenvalue weighted by molar-refractivity contribution is 0.153. The Morgan fingerprint density at radius 3 is 2.71 bits per heavy atom. The van der Waals surface area contributed by atoms with Crippen molar-refractivity contribution in [2.24, 2.45) is 7.05 Å². The second kappa shape index (κ2) is 9.37. The molecule has 1 N–H and O–H groups in total. The zero-order valence-electron chi connectivity index (χ0n) is 18.1. The molecular formula is C25H27N3O2S. The Balaban J connectivity index is 1.71. The van der Waals surface area contributed by atoms with Crippen LogP contribution < -0.4 is 5.32 Å². The number of benzene rings is 2. The number of anilines is 1. The van der Waals surface area contributed by atoms with Crippen LogP contribution >= 0.6 is 11.3 Å². The Morgan fingerprint density at radius 1 is 1.13 bits per heavy atom. The number of amides is 2. The minimum Gasteiger partial charge on any atom is -0.383 e. The molecule has 6 heteroatoms.